The largest absolute Gasteiger partial charge is 0.392 e. The lowest BCUT2D eigenvalue weighted by atomic mass is 10.1. The van der Waals surface area contributed by atoms with Crippen LogP contribution in [0.5, 0.6) is 0 Å². The molecule has 0 fully saturated rings. The molecule has 0 spiro atoms. The highest BCUT2D eigenvalue weighted by Crippen LogP contribution is 2.29. The van der Waals surface area contributed by atoms with Crippen molar-refractivity contribution in [3.05, 3.63) is 64.7 Å². The molecule has 0 radical (unpaired) electrons. The maximum atomic E-state index is 12.4. The molecule has 130 valence electrons. The highest BCUT2D eigenvalue weighted by molar-refractivity contribution is 5.98. The number of carbonyl (C=O) groups excluding carboxylic acids is 2. The van der Waals surface area contributed by atoms with Crippen LogP contribution in [0.15, 0.2) is 42.5 Å². The van der Waals surface area contributed by atoms with Gasteiger partial charge in [-0.3, -0.25) is 9.59 Å². The summed E-state index contributed by atoms with van der Waals surface area (Å²) in [5, 5.41) is 12.2. The summed E-state index contributed by atoms with van der Waals surface area (Å²) in [5.74, 6) is -0.0487. The number of hydrogen-bond donors (Lipinski definition) is 2. The minimum absolute atomic E-state index is 0.0494. The van der Waals surface area contributed by atoms with Gasteiger partial charge in [-0.2, -0.15) is 0 Å². The Morgan fingerprint density at radius 2 is 1.92 bits per heavy atom. The molecule has 0 saturated heterocycles. The van der Waals surface area contributed by atoms with Crippen LogP contribution in [0.1, 0.15) is 40.4 Å². The molecule has 1 aliphatic rings. The Labute approximate surface area is 147 Å². The van der Waals surface area contributed by atoms with Crippen molar-refractivity contribution in [2.45, 2.75) is 32.9 Å². The van der Waals surface area contributed by atoms with E-state index >= 15 is 0 Å². The maximum Gasteiger partial charge on any atom is 0.251 e. The average molecular weight is 338 g/mol. The van der Waals surface area contributed by atoms with E-state index in [1.54, 1.807) is 11.0 Å². The molecule has 0 aliphatic carbocycles. The van der Waals surface area contributed by atoms with Gasteiger partial charge in [0, 0.05) is 30.8 Å². The lowest BCUT2D eigenvalue weighted by Crippen LogP contribution is -2.27. The van der Waals surface area contributed by atoms with Crippen molar-refractivity contribution >= 4 is 17.5 Å². The van der Waals surface area contributed by atoms with Gasteiger partial charge in [0.2, 0.25) is 5.91 Å². The molecule has 3 rings (SSSR count). The van der Waals surface area contributed by atoms with Crippen molar-refractivity contribution in [1.29, 1.82) is 0 Å². The van der Waals surface area contributed by atoms with Crippen LogP contribution in [0, 0.1) is 0 Å². The first-order chi connectivity index (χ1) is 12.1. The molecule has 5 nitrogen and oxygen atoms in total. The van der Waals surface area contributed by atoms with E-state index in [0.29, 0.717) is 25.1 Å². The van der Waals surface area contributed by atoms with E-state index in [1.165, 1.54) is 0 Å². The van der Waals surface area contributed by atoms with E-state index in [1.807, 2.05) is 43.3 Å². The number of fused-ring (bicyclic) bond motifs is 1. The van der Waals surface area contributed by atoms with Gasteiger partial charge in [-0.25, -0.2) is 0 Å². The van der Waals surface area contributed by atoms with E-state index in [9.17, 15) is 14.7 Å². The van der Waals surface area contributed by atoms with Crippen LogP contribution in [0.3, 0.4) is 0 Å². The Bertz CT molecular complexity index is 801. The smallest absolute Gasteiger partial charge is 0.251 e. The number of amides is 2. The van der Waals surface area contributed by atoms with Crippen LogP contribution in [-0.2, 0) is 24.4 Å². The number of nitrogens with one attached hydrogen (secondary N) is 1. The van der Waals surface area contributed by atoms with Gasteiger partial charge in [0.25, 0.3) is 5.91 Å². The number of rotatable bonds is 5. The Balaban J connectivity index is 1.71. The second-order valence-electron chi connectivity index (χ2n) is 6.10. The van der Waals surface area contributed by atoms with Crippen LogP contribution in [0.2, 0.25) is 0 Å². The summed E-state index contributed by atoms with van der Waals surface area (Å²) in [4.78, 5) is 26.2. The lowest BCUT2D eigenvalue weighted by molar-refractivity contribution is -0.118. The summed E-state index contributed by atoms with van der Waals surface area (Å²) in [5.41, 5.74) is 4.25. The van der Waals surface area contributed by atoms with Crippen LogP contribution in [0.4, 0.5) is 5.69 Å². The summed E-state index contributed by atoms with van der Waals surface area (Å²) in [6.07, 6.45) is 1.25. The SMILES string of the molecule is CCC(=O)N1CCc2cc(C(=O)NCc3ccccc3CO)ccc21. The molecule has 0 bridgehead atoms. The van der Waals surface area contributed by atoms with Gasteiger partial charge < -0.3 is 15.3 Å². The first-order valence-corrected chi connectivity index (χ1v) is 8.53. The van der Waals surface area contributed by atoms with Gasteiger partial charge in [0.05, 0.1) is 6.61 Å². The summed E-state index contributed by atoms with van der Waals surface area (Å²) in [6.45, 7) is 2.85. The quantitative estimate of drug-likeness (QED) is 0.879. The third-order valence-corrected chi connectivity index (χ3v) is 4.57. The molecule has 25 heavy (non-hydrogen) atoms. The molecule has 0 saturated carbocycles. The molecule has 1 heterocycles. The van der Waals surface area contributed by atoms with Crippen molar-refractivity contribution < 1.29 is 14.7 Å². The van der Waals surface area contributed by atoms with Crippen LogP contribution in [0.25, 0.3) is 0 Å². The number of hydrogen-bond acceptors (Lipinski definition) is 3. The molecular formula is C20H22N2O3. The fourth-order valence-corrected chi connectivity index (χ4v) is 3.15. The second-order valence-corrected chi connectivity index (χ2v) is 6.10. The van der Waals surface area contributed by atoms with E-state index in [4.69, 9.17) is 0 Å². The Morgan fingerprint density at radius 3 is 2.64 bits per heavy atom. The number of benzene rings is 2. The van der Waals surface area contributed by atoms with E-state index in [2.05, 4.69) is 5.32 Å². The molecule has 2 amide bonds. The maximum absolute atomic E-state index is 12.4. The molecule has 0 atom stereocenters. The highest BCUT2D eigenvalue weighted by Gasteiger charge is 2.24. The van der Waals surface area contributed by atoms with Crippen molar-refractivity contribution in [2.24, 2.45) is 0 Å². The Kier molecular flexibility index (Phi) is 5.14. The first kappa shape index (κ1) is 17.2. The molecule has 5 heteroatoms. The lowest BCUT2D eigenvalue weighted by Gasteiger charge is -2.16. The molecular weight excluding hydrogens is 316 g/mol. The predicted octanol–water partition coefficient (Wildman–Crippen LogP) is 2.41. The average Bonchev–Trinajstić information content (AvgIpc) is 3.08. The molecule has 0 aromatic heterocycles. The van der Waals surface area contributed by atoms with Crippen molar-refractivity contribution in [2.75, 3.05) is 11.4 Å². The zero-order valence-electron chi connectivity index (χ0n) is 14.3. The van der Waals surface area contributed by atoms with Gasteiger partial charge in [-0.1, -0.05) is 31.2 Å². The van der Waals surface area contributed by atoms with E-state index in [0.717, 1.165) is 28.8 Å². The number of nitrogens with zero attached hydrogens (tertiary/aromatic N) is 1. The summed E-state index contributed by atoms with van der Waals surface area (Å²) in [6, 6.07) is 13.0. The van der Waals surface area contributed by atoms with Crippen molar-refractivity contribution in [3.63, 3.8) is 0 Å². The van der Waals surface area contributed by atoms with Crippen LogP contribution < -0.4 is 10.2 Å². The molecule has 2 aromatic carbocycles. The van der Waals surface area contributed by atoms with Gasteiger partial charge >= 0.3 is 0 Å². The van der Waals surface area contributed by atoms with Crippen molar-refractivity contribution in [1.82, 2.24) is 5.32 Å². The minimum Gasteiger partial charge on any atom is -0.392 e. The molecule has 2 N–H and O–H groups in total. The fourth-order valence-electron chi connectivity index (χ4n) is 3.15. The normalized spacial score (nSPS) is 12.8. The van der Waals surface area contributed by atoms with Gasteiger partial charge in [-0.05, 0) is 41.3 Å². The van der Waals surface area contributed by atoms with E-state index in [-0.39, 0.29) is 18.4 Å². The predicted molar refractivity (Wildman–Crippen MR) is 96.3 cm³/mol. The summed E-state index contributed by atoms with van der Waals surface area (Å²) < 4.78 is 0. The van der Waals surface area contributed by atoms with Gasteiger partial charge in [0.15, 0.2) is 0 Å². The highest BCUT2D eigenvalue weighted by atomic mass is 16.3. The van der Waals surface area contributed by atoms with E-state index < -0.39 is 0 Å². The Morgan fingerprint density at radius 1 is 1.16 bits per heavy atom. The molecule has 0 unspecified atom stereocenters. The summed E-state index contributed by atoms with van der Waals surface area (Å²) >= 11 is 0. The number of aliphatic hydroxyl groups is 1. The zero-order valence-corrected chi connectivity index (χ0v) is 14.3. The summed E-state index contributed by atoms with van der Waals surface area (Å²) in [7, 11) is 0. The number of anilines is 1. The van der Waals surface area contributed by atoms with Crippen LogP contribution in [-0.4, -0.2) is 23.5 Å². The third-order valence-electron chi connectivity index (χ3n) is 4.57. The van der Waals surface area contributed by atoms with Crippen molar-refractivity contribution in [3.8, 4) is 0 Å². The minimum atomic E-state index is -0.157. The van der Waals surface area contributed by atoms with Crippen LogP contribution >= 0.6 is 0 Å². The number of carbonyl (C=O) groups is 2. The standard InChI is InChI=1S/C20H22N2O3/c1-2-19(24)22-10-9-14-11-15(7-8-18(14)22)20(25)21-12-16-5-3-4-6-17(16)13-23/h3-8,11,23H,2,9-10,12-13H2,1H3,(H,21,25). The van der Waals surface area contributed by atoms with Gasteiger partial charge in [-0.15, -0.1) is 0 Å². The zero-order chi connectivity index (χ0) is 17.8. The molecule has 2 aromatic rings. The monoisotopic (exact) mass is 338 g/mol. The fraction of sp³-hybridized carbons (Fsp3) is 0.300. The third kappa shape index (κ3) is 3.56. The Hall–Kier alpha value is -2.66. The topological polar surface area (TPSA) is 69.6 Å². The second kappa shape index (κ2) is 7.49. The van der Waals surface area contributed by atoms with Gasteiger partial charge in [0.1, 0.15) is 0 Å². The molecule has 1 aliphatic heterocycles. The number of aliphatic hydroxyl groups excluding tert-OH is 1. The first-order valence-electron chi connectivity index (χ1n) is 8.53.